The lowest BCUT2D eigenvalue weighted by molar-refractivity contribution is -0.151. The molecule has 2 aromatic heterocycles. The van der Waals surface area contributed by atoms with Gasteiger partial charge in [-0.05, 0) is 41.1 Å². The van der Waals surface area contributed by atoms with Crippen molar-refractivity contribution in [3.8, 4) is 21.4 Å². The molecular formula is C22H22N2O5S2. The van der Waals surface area contributed by atoms with Crippen molar-refractivity contribution in [2.24, 2.45) is 0 Å². The summed E-state index contributed by atoms with van der Waals surface area (Å²) in [6.45, 7) is 0.737. The third-order valence-corrected chi connectivity index (χ3v) is 6.97. The van der Waals surface area contributed by atoms with E-state index in [4.69, 9.17) is 14.2 Å². The van der Waals surface area contributed by atoms with E-state index >= 15 is 0 Å². The van der Waals surface area contributed by atoms with Gasteiger partial charge in [-0.25, -0.2) is 4.98 Å². The van der Waals surface area contributed by atoms with Crippen molar-refractivity contribution in [2.75, 3.05) is 27.4 Å². The number of thiazole rings is 1. The van der Waals surface area contributed by atoms with Crippen molar-refractivity contribution < 1.29 is 23.8 Å². The van der Waals surface area contributed by atoms with Crippen LogP contribution in [0, 0.1) is 0 Å². The SMILES string of the molecule is COc1cc2c(cc1OC)CN(C(=O)COC(=O)Cc1csc(-c3cccs3)n1)CC2. The zero-order valence-electron chi connectivity index (χ0n) is 17.3. The number of nitrogens with zero attached hydrogens (tertiary/aromatic N) is 2. The number of rotatable bonds is 7. The molecular weight excluding hydrogens is 436 g/mol. The van der Waals surface area contributed by atoms with Crippen LogP contribution in [-0.4, -0.2) is 49.1 Å². The van der Waals surface area contributed by atoms with Crippen molar-refractivity contribution in [1.82, 2.24) is 9.88 Å². The van der Waals surface area contributed by atoms with Gasteiger partial charge >= 0.3 is 5.97 Å². The van der Waals surface area contributed by atoms with Gasteiger partial charge in [0.2, 0.25) is 0 Å². The number of hydrogen-bond acceptors (Lipinski definition) is 8. The molecule has 0 saturated carbocycles. The number of thiophene rings is 1. The number of ether oxygens (including phenoxy) is 3. The predicted octanol–water partition coefficient (Wildman–Crippen LogP) is 3.56. The number of carbonyl (C=O) groups is 2. The second-order valence-electron chi connectivity index (χ2n) is 7.00. The molecule has 1 amide bonds. The van der Waals surface area contributed by atoms with Gasteiger partial charge in [-0.1, -0.05) is 6.07 Å². The van der Waals surface area contributed by atoms with Crippen LogP contribution in [0.1, 0.15) is 16.8 Å². The molecule has 31 heavy (non-hydrogen) atoms. The van der Waals surface area contributed by atoms with Crippen LogP contribution in [0.5, 0.6) is 11.5 Å². The monoisotopic (exact) mass is 458 g/mol. The van der Waals surface area contributed by atoms with Crippen molar-refractivity contribution in [2.45, 2.75) is 19.4 Å². The van der Waals surface area contributed by atoms with Gasteiger partial charge < -0.3 is 19.1 Å². The van der Waals surface area contributed by atoms with E-state index in [0.29, 0.717) is 36.7 Å². The number of benzene rings is 1. The van der Waals surface area contributed by atoms with Crippen LogP contribution >= 0.6 is 22.7 Å². The van der Waals surface area contributed by atoms with Gasteiger partial charge in [0.25, 0.3) is 5.91 Å². The maximum atomic E-state index is 12.6. The van der Waals surface area contributed by atoms with Gasteiger partial charge in [0.05, 0.1) is 31.2 Å². The first kappa shape index (κ1) is 21.3. The Hall–Kier alpha value is -2.91. The van der Waals surface area contributed by atoms with Crippen LogP contribution in [0.4, 0.5) is 0 Å². The topological polar surface area (TPSA) is 78.0 Å². The molecule has 0 unspecified atom stereocenters. The summed E-state index contributed by atoms with van der Waals surface area (Å²) < 4.78 is 15.9. The van der Waals surface area contributed by atoms with Gasteiger partial charge in [0, 0.05) is 18.5 Å². The van der Waals surface area contributed by atoms with Crippen LogP contribution in [-0.2, 0) is 33.7 Å². The fraction of sp³-hybridized carbons (Fsp3) is 0.318. The molecule has 0 spiro atoms. The highest BCUT2D eigenvalue weighted by Gasteiger charge is 2.24. The molecule has 0 aliphatic carbocycles. The minimum Gasteiger partial charge on any atom is -0.493 e. The molecule has 1 aliphatic rings. The Morgan fingerprint density at radius 1 is 1.13 bits per heavy atom. The first-order valence-electron chi connectivity index (χ1n) is 9.73. The Bertz CT molecular complexity index is 1080. The second kappa shape index (κ2) is 9.49. The highest BCUT2D eigenvalue weighted by Crippen LogP contribution is 2.33. The van der Waals surface area contributed by atoms with Crippen LogP contribution < -0.4 is 9.47 Å². The van der Waals surface area contributed by atoms with Crippen molar-refractivity contribution in [1.29, 1.82) is 0 Å². The molecule has 0 saturated heterocycles. The summed E-state index contributed by atoms with van der Waals surface area (Å²) in [5, 5.41) is 4.72. The molecule has 162 valence electrons. The Labute approximate surface area is 188 Å². The zero-order valence-corrected chi connectivity index (χ0v) is 18.9. The molecule has 1 aromatic carbocycles. The van der Waals surface area contributed by atoms with Crippen molar-refractivity contribution >= 4 is 34.6 Å². The van der Waals surface area contributed by atoms with Gasteiger partial charge in [-0.15, -0.1) is 22.7 Å². The first-order chi connectivity index (χ1) is 15.1. The fourth-order valence-electron chi connectivity index (χ4n) is 3.43. The molecule has 1 aliphatic heterocycles. The highest BCUT2D eigenvalue weighted by molar-refractivity contribution is 7.20. The number of amides is 1. The van der Waals surface area contributed by atoms with Gasteiger partial charge in [-0.3, -0.25) is 9.59 Å². The van der Waals surface area contributed by atoms with Crippen molar-refractivity contribution in [3.05, 3.63) is 51.8 Å². The second-order valence-corrected chi connectivity index (χ2v) is 8.81. The van der Waals surface area contributed by atoms with E-state index in [1.807, 2.05) is 35.0 Å². The van der Waals surface area contributed by atoms with Crippen molar-refractivity contribution in [3.63, 3.8) is 0 Å². The summed E-state index contributed by atoms with van der Waals surface area (Å²) in [6.07, 6.45) is 0.759. The summed E-state index contributed by atoms with van der Waals surface area (Å²) in [5.74, 6) is 0.637. The fourth-order valence-corrected chi connectivity index (χ4v) is 5.06. The molecule has 0 N–H and O–H groups in total. The smallest absolute Gasteiger partial charge is 0.312 e. The number of aromatic nitrogens is 1. The summed E-state index contributed by atoms with van der Waals surface area (Å²) in [4.78, 5) is 32.0. The predicted molar refractivity (Wildman–Crippen MR) is 119 cm³/mol. The number of esters is 1. The Morgan fingerprint density at radius 3 is 2.61 bits per heavy atom. The van der Waals surface area contributed by atoms with E-state index in [1.54, 1.807) is 30.5 Å². The van der Waals surface area contributed by atoms with Crippen LogP contribution in [0.15, 0.2) is 35.0 Å². The normalized spacial score (nSPS) is 12.9. The van der Waals surface area contributed by atoms with E-state index < -0.39 is 5.97 Å². The van der Waals surface area contributed by atoms with E-state index in [2.05, 4.69) is 4.98 Å². The van der Waals surface area contributed by atoms with Gasteiger partial charge in [-0.2, -0.15) is 0 Å². The third kappa shape index (κ3) is 4.88. The number of methoxy groups -OCH3 is 2. The molecule has 0 bridgehead atoms. The lowest BCUT2D eigenvalue weighted by Gasteiger charge is -2.29. The average Bonchev–Trinajstić information content (AvgIpc) is 3.48. The Balaban J connectivity index is 1.30. The molecule has 0 atom stereocenters. The molecule has 3 aromatic rings. The van der Waals surface area contributed by atoms with Crippen LogP contribution in [0.3, 0.4) is 0 Å². The number of hydrogen-bond donors (Lipinski definition) is 0. The largest absolute Gasteiger partial charge is 0.493 e. The standard InChI is InChI=1S/C22H22N2O5S2/c1-27-17-8-14-5-6-24(11-15(14)9-18(17)28-2)20(25)12-29-21(26)10-16-13-31-22(23-16)19-4-3-7-30-19/h3-4,7-9,13H,5-6,10-12H2,1-2H3. The Morgan fingerprint density at radius 2 is 1.90 bits per heavy atom. The van der Waals surface area contributed by atoms with Crippen LogP contribution in [0.25, 0.3) is 9.88 Å². The quantitative estimate of drug-likeness (QED) is 0.504. The summed E-state index contributed by atoms with van der Waals surface area (Å²) in [6, 6.07) is 7.81. The minimum atomic E-state index is -0.458. The average molecular weight is 459 g/mol. The highest BCUT2D eigenvalue weighted by atomic mass is 32.1. The lowest BCUT2D eigenvalue weighted by atomic mass is 9.99. The summed E-state index contributed by atoms with van der Waals surface area (Å²) in [5.41, 5.74) is 2.79. The lowest BCUT2D eigenvalue weighted by Crippen LogP contribution is -2.38. The molecule has 7 nitrogen and oxygen atoms in total. The van der Waals surface area contributed by atoms with Gasteiger partial charge in [0.1, 0.15) is 5.01 Å². The van der Waals surface area contributed by atoms with E-state index in [0.717, 1.165) is 21.0 Å². The third-order valence-electron chi connectivity index (χ3n) is 5.04. The van der Waals surface area contributed by atoms with Gasteiger partial charge in [0.15, 0.2) is 18.1 Å². The van der Waals surface area contributed by atoms with E-state index in [-0.39, 0.29) is 18.9 Å². The number of fused-ring (bicyclic) bond motifs is 1. The molecule has 0 fully saturated rings. The molecule has 0 radical (unpaired) electrons. The maximum absolute atomic E-state index is 12.6. The minimum absolute atomic E-state index is 0.0506. The first-order valence-corrected chi connectivity index (χ1v) is 11.5. The summed E-state index contributed by atoms with van der Waals surface area (Å²) >= 11 is 3.10. The Kier molecular flexibility index (Phi) is 6.53. The van der Waals surface area contributed by atoms with Crippen LogP contribution in [0.2, 0.25) is 0 Å². The molecule has 9 heteroatoms. The maximum Gasteiger partial charge on any atom is 0.312 e. The zero-order chi connectivity index (χ0) is 21.8. The summed E-state index contributed by atoms with van der Waals surface area (Å²) in [7, 11) is 3.19. The number of carbonyl (C=O) groups excluding carboxylic acids is 2. The molecule has 3 heterocycles. The van der Waals surface area contributed by atoms with E-state index in [1.165, 1.54) is 11.3 Å². The van der Waals surface area contributed by atoms with E-state index in [9.17, 15) is 9.59 Å². The molecule has 4 rings (SSSR count).